The van der Waals surface area contributed by atoms with Crippen LogP contribution in [0.1, 0.15) is 31.5 Å². The number of rotatable bonds is 5. The number of nitrogens with one attached hydrogen (secondary N) is 1. The lowest BCUT2D eigenvalue weighted by Gasteiger charge is -2.19. The molecule has 2 nitrogen and oxygen atoms in total. The minimum Gasteiger partial charge on any atom is -0.312 e. The van der Waals surface area contributed by atoms with Gasteiger partial charge in [-0.15, -0.1) is 11.3 Å². The maximum absolute atomic E-state index is 4.58. The van der Waals surface area contributed by atoms with E-state index in [1.165, 1.54) is 10.7 Å². The maximum Gasteiger partial charge on any atom is 0.103 e. The van der Waals surface area contributed by atoms with Crippen LogP contribution >= 0.6 is 23.1 Å². The number of thioether (sulfide) groups is 1. The summed E-state index contributed by atoms with van der Waals surface area (Å²) in [4.78, 5) is 4.58. The molecule has 0 radical (unpaired) electrons. The van der Waals surface area contributed by atoms with Gasteiger partial charge in [0.1, 0.15) is 5.01 Å². The molecule has 0 saturated carbocycles. The van der Waals surface area contributed by atoms with E-state index < -0.39 is 0 Å². The van der Waals surface area contributed by atoms with Crippen LogP contribution in [-0.2, 0) is 12.2 Å². The van der Waals surface area contributed by atoms with Gasteiger partial charge in [0.25, 0.3) is 0 Å². The molecule has 0 aliphatic rings. The molecule has 0 saturated heterocycles. The Morgan fingerprint density at radius 3 is 2.80 bits per heavy atom. The van der Waals surface area contributed by atoms with Crippen LogP contribution in [0.4, 0.5) is 0 Å². The molecule has 4 heteroatoms. The number of nitrogens with zero attached hydrogens (tertiary/aromatic N) is 1. The van der Waals surface area contributed by atoms with E-state index >= 15 is 0 Å². The van der Waals surface area contributed by atoms with E-state index in [1.54, 1.807) is 11.3 Å². The summed E-state index contributed by atoms with van der Waals surface area (Å²) in [6, 6.07) is 0. The highest BCUT2D eigenvalue weighted by atomic mass is 32.2. The summed E-state index contributed by atoms with van der Waals surface area (Å²) in [5, 5.41) is 6.89. The fraction of sp³-hybridized carbons (Fsp3) is 0.727. The second-order valence-corrected chi connectivity index (χ2v) is 6.40. The third-order valence-corrected chi connectivity index (χ3v) is 3.55. The average molecular weight is 244 g/mol. The van der Waals surface area contributed by atoms with E-state index in [1.807, 2.05) is 11.8 Å². The van der Waals surface area contributed by atoms with Crippen LogP contribution in [0.3, 0.4) is 0 Å². The van der Waals surface area contributed by atoms with Gasteiger partial charge < -0.3 is 5.32 Å². The number of hydrogen-bond donors (Lipinski definition) is 1. The van der Waals surface area contributed by atoms with Crippen LogP contribution in [0.5, 0.6) is 0 Å². The maximum atomic E-state index is 4.58. The molecular formula is C11H20N2S2. The van der Waals surface area contributed by atoms with Crippen molar-refractivity contribution in [2.45, 2.75) is 38.5 Å². The van der Waals surface area contributed by atoms with Gasteiger partial charge in [0, 0.05) is 29.6 Å². The molecule has 1 aromatic heterocycles. The van der Waals surface area contributed by atoms with E-state index in [-0.39, 0.29) is 5.54 Å². The van der Waals surface area contributed by atoms with Crippen molar-refractivity contribution in [1.82, 2.24) is 10.3 Å². The summed E-state index contributed by atoms with van der Waals surface area (Å²) in [5.41, 5.74) is 1.43. The zero-order chi connectivity index (χ0) is 11.3. The summed E-state index contributed by atoms with van der Waals surface area (Å²) >= 11 is 3.60. The molecule has 1 aromatic rings. The highest BCUT2D eigenvalue weighted by Gasteiger charge is 2.08. The van der Waals surface area contributed by atoms with E-state index in [2.05, 4.69) is 42.7 Å². The summed E-state index contributed by atoms with van der Waals surface area (Å²) < 4.78 is 0. The van der Waals surface area contributed by atoms with E-state index in [9.17, 15) is 0 Å². The standard InChI is InChI=1S/C11H20N2S2/c1-11(2,3)12-6-5-9-7-15-10(13-9)8-14-4/h7,12H,5-6,8H2,1-4H3. The predicted octanol–water partition coefficient (Wildman–Crippen LogP) is 2.94. The third kappa shape index (κ3) is 5.54. The molecule has 1 heterocycles. The lowest BCUT2D eigenvalue weighted by molar-refractivity contribution is 0.428. The van der Waals surface area contributed by atoms with Crippen LogP contribution in [0.25, 0.3) is 0 Å². The Labute approximate surface area is 101 Å². The first-order valence-electron chi connectivity index (χ1n) is 5.18. The van der Waals surface area contributed by atoms with Crippen molar-refractivity contribution < 1.29 is 0 Å². The quantitative estimate of drug-likeness (QED) is 0.862. The molecule has 1 N–H and O–H groups in total. The van der Waals surface area contributed by atoms with Gasteiger partial charge in [0.15, 0.2) is 0 Å². The van der Waals surface area contributed by atoms with Crippen molar-refractivity contribution in [2.75, 3.05) is 12.8 Å². The zero-order valence-corrected chi connectivity index (χ0v) is 11.6. The molecular weight excluding hydrogens is 224 g/mol. The second kappa shape index (κ2) is 5.87. The van der Waals surface area contributed by atoms with Crippen molar-refractivity contribution in [3.8, 4) is 0 Å². The molecule has 0 spiro atoms. The lowest BCUT2D eigenvalue weighted by atomic mass is 10.1. The van der Waals surface area contributed by atoms with Crippen molar-refractivity contribution in [3.63, 3.8) is 0 Å². The topological polar surface area (TPSA) is 24.9 Å². The van der Waals surface area contributed by atoms with Crippen LogP contribution in [0.2, 0.25) is 0 Å². The number of thiazole rings is 1. The summed E-state index contributed by atoms with van der Waals surface area (Å²) in [6.07, 6.45) is 3.14. The van der Waals surface area contributed by atoms with Gasteiger partial charge in [-0.25, -0.2) is 4.98 Å². The van der Waals surface area contributed by atoms with Gasteiger partial charge in [0.05, 0.1) is 5.69 Å². The van der Waals surface area contributed by atoms with Crippen molar-refractivity contribution in [3.05, 3.63) is 16.1 Å². The third-order valence-electron chi connectivity index (χ3n) is 1.90. The SMILES string of the molecule is CSCc1nc(CCNC(C)(C)C)cs1. The summed E-state index contributed by atoms with van der Waals surface area (Å²) in [5.74, 6) is 1.04. The second-order valence-electron chi connectivity index (χ2n) is 4.59. The molecule has 86 valence electrons. The van der Waals surface area contributed by atoms with Gasteiger partial charge in [-0.3, -0.25) is 0 Å². The molecule has 0 bridgehead atoms. The van der Waals surface area contributed by atoms with E-state index in [0.717, 1.165) is 18.7 Å². The van der Waals surface area contributed by atoms with Crippen molar-refractivity contribution >= 4 is 23.1 Å². The first-order chi connectivity index (χ1) is 7.01. The first-order valence-corrected chi connectivity index (χ1v) is 7.46. The Bertz CT molecular complexity index is 289. The van der Waals surface area contributed by atoms with Gasteiger partial charge >= 0.3 is 0 Å². The fourth-order valence-corrected chi connectivity index (χ4v) is 2.77. The average Bonchev–Trinajstić information content (AvgIpc) is 2.51. The molecule has 0 fully saturated rings. The van der Waals surface area contributed by atoms with Crippen LogP contribution in [-0.4, -0.2) is 23.3 Å². The van der Waals surface area contributed by atoms with Gasteiger partial charge in [-0.1, -0.05) is 0 Å². The lowest BCUT2D eigenvalue weighted by Crippen LogP contribution is -2.37. The molecule has 15 heavy (non-hydrogen) atoms. The minimum atomic E-state index is 0.206. The van der Waals surface area contributed by atoms with Crippen LogP contribution in [0, 0.1) is 0 Å². The predicted molar refractivity (Wildman–Crippen MR) is 70.8 cm³/mol. The van der Waals surface area contributed by atoms with Crippen molar-refractivity contribution in [1.29, 1.82) is 0 Å². The molecule has 0 amide bonds. The van der Waals surface area contributed by atoms with Crippen molar-refractivity contribution in [2.24, 2.45) is 0 Å². The molecule has 0 aliphatic carbocycles. The minimum absolute atomic E-state index is 0.206. The van der Waals surface area contributed by atoms with E-state index in [4.69, 9.17) is 0 Å². The molecule has 0 unspecified atom stereocenters. The van der Waals surface area contributed by atoms with Gasteiger partial charge in [0.2, 0.25) is 0 Å². The van der Waals surface area contributed by atoms with Crippen LogP contribution in [0.15, 0.2) is 5.38 Å². The summed E-state index contributed by atoms with van der Waals surface area (Å²) in [7, 11) is 0. The Balaban J connectivity index is 2.31. The van der Waals surface area contributed by atoms with Gasteiger partial charge in [-0.2, -0.15) is 11.8 Å². The Morgan fingerprint density at radius 1 is 1.47 bits per heavy atom. The zero-order valence-electron chi connectivity index (χ0n) is 9.96. The number of aromatic nitrogens is 1. The Hall–Kier alpha value is -0.0600. The molecule has 1 rings (SSSR count). The summed E-state index contributed by atoms with van der Waals surface area (Å²) in [6.45, 7) is 7.57. The van der Waals surface area contributed by atoms with Gasteiger partial charge in [-0.05, 0) is 27.0 Å². The number of hydrogen-bond acceptors (Lipinski definition) is 4. The molecule has 0 aliphatic heterocycles. The monoisotopic (exact) mass is 244 g/mol. The largest absolute Gasteiger partial charge is 0.312 e. The smallest absolute Gasteiger partial charge is 0.103 e. The van der Waals surface area contributed by atoms with E-state index in [0.29, 0.717) is 0 Å². The molecule has 0 aromatic carbocycles. The van der Waals surface area contributed by atoms with Crippen LogP contribution < -0.4 is 5.32 Å². The fourth-order valence-electron chi connectivity index (χ4n) is 1.22. The highest BCUT2D eigenvalue weighted by Crippen LogP contribution is 2.15. The normalized spacial score (nSPS) is 12.0. The Kier molecular flexibility index (Phi) is 5.09. The molecule has 0 atom stereocenters. The Morgan fingerprint density at radius 2 is 2.20 bits per heavy atom. The first kappa shape index (κ1) is 13.0. The highest BCUT2D eigenvalue weighted by molar-refractivity contribution is 7.97.